The molecule has 0 unspecified atom stereocenters. The summed E-state index contributed by atoms with van der Waals surface area (Å²) in [5.74, 6) is -0.0384. The lowest BCUT2D eigenvalue weighted by Crippen LogP contribution is -2.38. The Balaban J connectivity index is 2.15. The van der Waals surface area contributed by atoms with Crippen molar-refractivity contribution in [2.75, 3.05) is 13.1 Å². The molecule has 2 N–H and O–H groups in total. The van der Waals surface area contributed by atoms with E-state index in [1.54, 1.807) is 6.08 Å². The minimum absolute atomic E-state index is 0.343. The molecule has 0 heterocycles. The van der Waals surface area contributed by atoms with Crippen LogP contribution in [-0.2, 0) is 4.79 Å². The zero-order valence-electron chi connectivity index (χ0n) is 9.62. The summed E-state index contributed by atoms with van der Waals surface area (Å²) in [6.07, 6.45) is 6.90. The molecule has 0 spiro atoms. The summed E-state index contributed by atoms with van der Waals surface area (Å²) >= 11 is 0. The molecule has 3 heteroatoms. The van der Waals surface area contributed by atoms with E-state index in [0.717, 1.165) is 12.5 Å². The highest BCUT2D eigenvalue weighted by Gasteiger charge is 2.33. The van der Waals surface area contributed by atoms with Crippen molar-refractivity contribution in [3.05, 3.63) is 12.2 Å². The van der Waals surface area contributed by atoms with Gasteiger partial charge in [-0.2, -0.15) is 0 Å². The maximum absolute atomic E-state index is 10.2. The van der Waals surface area contributed by atoms with Gasteiger partial charge in [-0.1, -0.05) is 26.3 Å². The molecule has 86 valence electrons. The Morgan fingerprint density at radius 2 is 2.20 bits per heavy atom. The Kier molecular flexibility index (Phi) is 4.33. The average Bonchev–Trinajstić information content (AvgIpc) is 1.98. The molecular weight excluding hydrogens is 190 g/mol. The predicted molar refractivity (Wildman–Crippen MR) is 60.8 cm³/mol. The maximum atomic E-state index is 10.2. The number of aliphatic carboxylic acids is 1. The second kappa shape index (κ2) is 5.31. The lowest BCUT2D eigenvalue weighted by Gasteiger charge is -2.40. The first-order chi connectivity index (χ1) is 7.02. The van der Waals surface area contributed by atoms with E-state index in [0.29, 0.717) is 12.0 Å². The van der Waals surface area contributed by atoms with E-state index >= 15 is 0 Å². The standard InChI is InChI=1S/C12H21NO2/c1-12(2,10-5-3-6-10)9-13-8-4-7-11(14)15/h4,7,10,13H,3,5-6,8-9H2,1-2H3,(H,14,15)/b7-4+. The summed E-state index contributed by atoms with van der Waals surface area (Å²) in [5, 5.41) is 11.7. The van der Waals surface area contributed by atoms with Crippen molar-refractivity contribution >= 4 is 5.97 Å². The Morgan fingerprint density at radius 1 is 1.53 bits per heavy atom. The van der Waals surface area contributed by atoms with Gasteiger partial charge in [0, 0.05) is 19.2 Å². The molecule has 0 aromatic carbocycles. The third-order valence-electron chi connectivity index (χ3n) is 3.31. The zero-order valence-corrected chi connectivity index (χ0v) is 9.62. The maximum Gasteiger partial charge on any atom is 0.328 e. The van der Waals surface area contributed by atoms with Crippen LogP contribution in [0, 0.1) is 11.3 Å². The molecule has 0 saturated heterocycles. The first-order valence-corrected chi connectivity index (χ1v) is 5.62. The number of carboxylic acid groups (broad SMARTS) is 1. The second-order valence-corrected chi connectivity index (χ2v) is 4.99. The highest BCUT2D eigenvalue weighted by Crippen LogP contribution is 2.40. The van der Waals surface area contributed by atoms with Crippen molar-refractivity contribution in [2.24, 2.45) is 11.3 Å². The van der Waals surface area contributed by atoms with E-state index in [9.17, 15) is 4.79 Å². The number of hydrogen-bond acceptors (Lipinski definition) is 2. The lowest BCUT2D eigenvalue weighted by atomic mass is 9.67. The smallest absolute Gasteiger partial charge is 0.328 e. The average molecular weight is 211 g/mol. The van der Waals surface area contributed by atoms with Gasteiger partial charge in [0.25, 0.3) is 0 Å². The van der Waals surface area contributed by atoms with Crippen LogP contribution in [0.3, 0.4) is 0 Å². The predicted octanol–water partition coefficient (Wildman–Crippen LogP) is 2.04. The van der Waals surface area contributed by atoms with E-state index in [2.05, 4.69) is 19.2 Å². The van der Waals surface area contributed by atoms with Gasteiger partial charge in [-0.25, -0.2) is 4.79 Å². The molecule has 15 heavy (non-hydrogen) atoms. The second-order valence-electron chi connectivity index (χ2n) is 4.99. The molecular formula is C12H21NO2. The quantitative estimate of drug-likeness (QED) is 0.522. The van der Waals surface area contributed by atoms with Crippen molar-refractivity contribution in [1.82, 2.24) is 5.32 Å². The van der Waals surface area contributed by atoms with Crippen LogP contribution in [0.1, 0.15) is 33.1 Å². The monoisotopic (exact) mass is 211 g/mol. The van der Waals surface area contributed by atoms with E-state index < -0.39 is 5.97 Å². The normalized spacial score (nSPS) is 18.0. The number of carbonyl (C=O) groups is 1. The first-order valence-electron chi connectivity index (χ1n) is 5.62. The number of rotatable bonds is 6. The lowest BCUT2D eigenvalue weighted by molar-refractivity contribution is -0.131. The fraction of sp³-hybridized carbons (Fsp3) is 0.750. The topological polar surface area (TPSA) is 49.3 Å². The van der Waals surface area contributed by atoms with Crippen molar-refractivity contribution in [1.29, 1.82) is 0 Å². The summed E-state index contributed by atoms with van der Waals surface area (Å²) in [7, 11) is 0. The van der Waals surface area contributed by atoms with E-state index in [1.165, 1.54) is 25.3 Å². The van der Waals surface area contributed by atoms with Crippen LogP contribution in [0.25, 0.3) is 0 Å². The van der Waals surface area contributed by atoms with E-state index in [1.807, 2.05) is 0 Å². The Hall–Kier alpha value is -0.830. The van der Waals surface area contributed by atoms with Gasteiger partial charge in [-0.05, 0) is 24.2 Å². The third-order valence-corrected chi connectivity index (χ3v) is 3.31. The minimum Gasteiger partial charge on any atom is -0.478 e. The zero-order chi connectivity index (χ0) is 11.3. The summed E-state index contributed by atoms with van der Waals surface area (Å²) in [6.45, 7) is 6.17. The van der Waals surface area contributed by atoms with Crippen LogP contribution < -0.4 is 5.32 Å². The fourth-order valence-electron chi connectivity index (χ4n) is 1.97. The van der Waals surface area contributed by atoms with Crippen LogP contribution in [0.2, 0.25) is 0 Å². The highest BCUT2D eigenvalue weighted by atomic mass is 16.4. The molecule has 1 rings (SSSR count). The van der Waals surface area contributed by atoms with E-state index in [-0.39, 0.29) is 0 Å². The molecule has 0 aromatic rings. The Morgan fingerprint density at radius 3 is 2.67 bits per heavy atom. The molecule has 1 aliphatic rings. The number of carboxylic acids is 1. The minimum atomic E-state index is -0.880. The Labute approximate surface area is 91.6 Å². The van der Waals surface area contributed by atoms with Crippen LogP contribution in [-0.4, -0.2) is 24.2 Å². The van der Waals surface area contributed by atoms with E-state index in [4.69, 9.17) is 5.11 Å². The van der Waals surface area contributed by atoms with Crippen molar-refractivity contribution in [2.45, 2.75) is 33.1 Å². The van der Waals surface area contributed by atoms with Gasteiger partial charge in [0.05, 0.1) is 0 Å². The molecule has 0 amide bonds. The third kappa shape index (κ3) is 4.04. The van der Waals surface area contributed by atoms with Crippen LogP contribution in [0.4, 0.5) is 0 Å². The van der Waals surface area contributed by atoms with Crippen LogP contribution >= 0.6 is 0 Å². The molecule has 0 bridgehead atoms. The molecule has 0 atom stereocenters. The first kappa shape index (κ1) is 12.2. The summed E-state index contributed by atoms with van der Waals surface area (Å²) in [6, 6.07) is 0. The fourth-order valence-corrected chi connectivity index (χ4v) is 1.97. The molecule has 1 fully saturated rings. The van der Waals surface area contributed by atoms with Gasteiger partial charge in [0.15, 0.2) is 0 Å². The van der Waals surface area contributed by atoms with Gasteiger partial charge < -0.3 is 10.4 Å². The molecule has 1 saturated carbocycles. The van der Waals surface area contributed by atoms with Gasteiger partial charge in [0.1, 0.15) is 0 Å². The van der Waals surface area contributed by atoms with Crippen molar-refractivity contribution in [3.63, 3.8) is 0 Å². The molecule has 0 aromatic heterocycles. The van der Waals surface area contributed by atoms with Crippen LogP contribution in [0.15, 0.2) is 12.2 Å². The molecule has 3 nitrogen and oxygen atoms in total. The molecule has 1 aliphatic carbocycles. The van der Waals surface area contributed by atoms with Gasteiger partial charge in [0.2, 0.25) is 0 Å². The van der Waals surface area contributed by atoms with Gasteiger partial charge in [-0.3, -0.25) is 0 Å². The van der Waals surface area contributed by atoms with Crippen molar-refractivity contribution < 1.29 is 9.90 Å². The summed E-state index contributed by atoms with van der Waals surface area (Å²) in [5.41, 5.74) is 0.343. The Bertz CT molecular complexity index is 242. The molecule has 0 aliphatic heterocycles. The summed E-state index contributed by atoms with van der Waals surface area (Å²) < 4.78 is 0. The largest absolute Gasteiger partial charge is 0.478 e. The molecule has 0 radical (unpaired) electrons. The van der Waals surface area contributed by atoms with Gasteiger partial charge >= 0.3 is 5.97 Å². The summed E-state index contributed by atoms with van der Waals surface area (Å²) in [4.78, 5) is 10.2. The number of hydrogen-bond donors (Lipinski definition) is 2. The SMILES string of the molecule is CC(C)(CNC/C=C/C(=O)O)C1CCC1. The van der Waals surface area contributed by atoms with Crippen molar-refractivity contribution in [3.8, 4) is 0 Å². The van der Waals surface area contributed by atoms with Gasteiger partial charge in [-0.15, -0.1) is 0 Å². The van der Waals surface area contributed by atoms with Crippen LogP contribution in [0.5, 0.6) is 0 Å². The number of nitrogens with one attached hydrogen (secondary N) is 1. The highest BCUT2D eigenvalue weighted by molar-refractivity contribution is 5.79.